The molecule has 0 radical (unpaired) electrons. The maximum Gasteiger partial charge on any atom is 0.291 e. The Morgan fingerprint density at radius 3 is 2.32 bits per heavy atom. The van der Waals surface area contributed by atoms with Crippen LogP contribution in [0.4, 0.5) is 0 Å². The average Bonchev–Trinajstić information content (AvgIpc) is 2.58. The van der Waals surface area contributed by atoms with Crippen molar-refractivity contribution in [3.05, 3.63) is 68.4 Å². The molecule has 0 saturated heterocycles. The summed E-state index contributed by atoms with van der Waals surface area (Å²) in [4.78, 5) is 22.2. The van der Waals surface area contributed by atoms with Crippen molar-refractivity contribution in [3.8, 4) is 0 Å². The highest BCUT2D eigenvalue weighted by Gasteiger charge is 2.37. The number of hydrogen-bond donors (Lipinski definition) is 0. The lowest BCUT2D eigenvalue weighted by molar-refractivity contribution is -0.419. The van der Waals surface area contributed by atoms with Crippen LogP contribution >= 0.6 is 0 Å². The SMILES string of the molecule is CC1(C)CCC(C)(C)c2cc(C3=C([N+](=O)[O-])C(=C=O)CC=C3)ccc21. The molecule has 0 amide bonds. The zero-order valence-electron chi connectivity index (χ0n) is 15.2. The van der Waals surface area contributed by atoms with Crippen LogP contribution in [0.1, 0.15) is 63.6 Å². The van der Waals surface area contributed by atoms with E-state index in [1.54, 1.807) is 18.1 Å². The van der Waals surface area contributed by atoms with E-state index in [0.29, 0.717) is 5.57 Å². The molecule has 0 atom stereocenters. The molecule has 0 saturated carbocycles. The minimum absolute atomic E-state index is 0.0257. The first-order valence-electron chi connectivity index (χ1n) is 8.62. The molecule has 0 spiro atoms. The molecule has 4 nitrogen and oxygen atoms in total. The molecule has 0 aromatic heterocycles. The van der Waals surface area contributed by atoms with Crippen molar-refractivity contribution in [1.29, 1.82) is 0 Å². The van der Waals surface area contributed by atoms with Crippen molar-refractivity contribution in [2.24, 2.45) is 0 Å². The van der Waals surface area contributed by atoms with Gasteiger partial charge in [-0.3, -0.25) is 10.1 Å². The summed E-state index contributed by atoms with van der Waals surface area (Å²) in [6, 6.07) is 6.12. The smallest absolute Gasteiger partial charge is 0.258 e. The second kappa shape index (κ2) is 5.82. The third-order valence-electron chi connectivity index (χ3n) is 5.62. The average molecular weight is 337 g/mol. The number of hydrogen-bond acceptors (Lipinski definition) is 3. The second-order valence-corrected chi connectivity index (χ2v) is 8.23. The quantitative estimate of drug-likeness (QED) is 0.445. The summed E-state index contributed by atoms with van der Waals surface area (Å²) in [6.45, 7) is 8.94. The van der Waals surface area contributed by atoms with Crippen molar-refractivity contribution in [3.63, 3.8) is 0 Å². The third-order valence-corrected chi connectivity index (χ3v) is 5.62. The Kier molecular flexibility index (Phi) is 4.04. The van der Waals surface area contributed by atoms with Crippen LogP contribution in [0.25, 0.3) is 5.57 Å². The van der Waals surface area contributed by atoms with E-state index in [1.807, 2.05) is 6.07 Å². The molecule has 0 aliphatic heterocycles. The van der Waals surface area contributed by atoms with Gasteiger partial charge in [-0.15, -0.1) is 0 Å². The van der Waals surface area contributed by atoms with Crippen LogP contribution in [-0.4, -0.2) is 10.9 Å². The lowest BCUT2D eigenvalue weighted by Gasteiger charge is -2.42. The van der Waals surface area contributed by atoms with Gasteiger partial charge in [0.15, 0.2) is 0 Å². The summed E-state index contributed by atoms with van der Waals surface area (Å²) in [6.07, 6.45) is 5.99. The van der Waals surface area contributed by atoms with E-state index in [1.165, 1.54) is 11.1 Å². The van der Waals surface area contributed by atoms with Gasteiger partial charge in [-0.05, 0) is 40.4 Å². The number of allylic oxidation sites excluding steroid dienone is 4. The van der Waals surface area contributed by atoms with Gasteiger partial charge >= 0.3 is 0 Å². The second-order valence-electron chi connectivity index (χ2n) is 8.23. The van der Waals surface area contributed by atoms with Crippen molar-refractivity contribution in [2.45, 2.75) is 57.8 Å². The van der Waals surface area contributed by atoms with Crippen LogP contribution in [0.5, 0.6) is 0 Å². The van der Waals surface area contributed by atoms with Crippen molar-refractivity contribution >= 4 is 11.5 Å². The van der Waals surface area contributed by atoms with Gasteiger partial charge in [0.25, 0.3) is 5.70 Å². The number of carbonyl (C=O) groups excluding carboxylic acids is 1. The number of fused-ring (bicyclic) bond motifs is 1. The Morgan fingerprint density at radius 1 is 1.08 bits per heavy atom. The van der Waals surface area contributed by atoms with Crippen LogP contribution in [-0.2, 0) is 15.6 Å². The largest absolute Gasteiger partial charge is 0.291 e. The van der Waals surface area contributed by atoms with Crippen molar-refractivity contribution in [1.82, 2.24) is 0 Å². The van der Waals surface area contributed by atoms with Crippen molar-refractivity contribution in [2.75, 3.05) is 0 Å². The molecular formula is C21H23NO3. The Labute approximate surface area is 148 Å². The van der Waals surface area contributed by atoms with Gasteiger partial charge < -0.3 is 0 Å². The van der Waals surface area contributed by atoms with Crippen LogP contribution in [0.3, 0.4) is 0 Å². The van der Waals surface area contributed by atoms with E-state index in [-0.39, 0.29) is 28.5 Å². The predicted octanol–water partition coefficient (Wildman–Crippen LogP) is 4.74. The van der Waals surface area contributed by atoms with Gasteiger partial charge in [-0.1, -0.05) is 58.0 Å². The van der Waals surface area contributed by atoms with E-state index < -0.39 is 4.92 Å². The number of nitrogens with zero attached hydrogens (tertiary/aromatic N) is 1. The first-order valence-corrected chi connectivity index (χ1v) is 8.62. The molecule has 1 aromatic carbocycles. The molecule has 2 aliphatic carbocycles. The monoisotopic (exact) mass is 337 g/mol. The minimum atomic E-state index is -0.465. The van der Waals surface area contributed by atoms with Crippen LogP contribution < -0.4 is 0 Å². The Bertz CT molecular complexity index is 865. The normalized spacial score (nSPS) is 20.9. The summed E-state index contributed by atoms with van der Waals surface area (Å²) in [5, 5.41) is 11.5. The number of nitro groups is 1. The maximum atomic E-state index is 11.5. The summed E-state index contributed by atoms with van der Waals surface area (Å²) in [7, 11) is 0. The van der Waals surface area contributed by atoms with E-state index >= 15 is 0 Å². The van der Waals surface area contributed by atoms with Gasteiger partial charge in [0.05, 0.1) is 10.5 Å². The lowest BCUT2D eigenvalue weighted by Crippen LogP contribution is -2.33. The highest BCUT2D eigenvalue weighted by atomic mass is 16.6. The zero-order valence-corrected chi connectivity index (χ0v) is 15.2. The van der Waals surface area contributed by atoms with Gasteiger partial charge in [-0.2, -0.15) is 0 Å². The third kappa shape index (κ3) is 2.87. The summed E-state index contributed by atoms with van der Waals surface area (Å²) in [5.74, 6) is 1.74. The summed E-state index contributed by atoms with van der Waals surface area (Å²) in [5.41, 5.74) is 3.95. The highest BCUT2D eigenvalue weighted by molar-refractivity contribution is 5.83. The van der Waals surface area contributed by atoms with E-state index in [4.69, 9.17) is 0 Å². The highest BCUT2D eigenvalue weighted by Crippen LogP contribution is 2.46. The maximum absolute atomic E-state index is 11.5. The fourth-order valence-corrected chi connectivity index (χ4v) is 3.92. The van der Waals surface area contributed by atoms with Crippen molar-refractivity contribution < 1.29 is 9.72 Å². The van der Waals surface area contributed by atoms with Crippen LogP contribution in [0.2, 0.25) is 0 Å². The molecule has 1 aromatic rings. The predicted molar refractivity (Wildman–Crippen MR) is 98.6 cm³/mol. The van der Waals surface area contributed by atoms with Gasteiger partial charge in [0.2, 0.25) is 0 Å². The van der Waals surface area contributed by atoms with E-state index in [9.17, 15) is 14.9 Å². The van der Waals surface area contributed by atoms with Crippen LogP contribution in [0.15, 0.2) is 41.6 Å². The fraction of sp³-hybridized carbons (Fsp3) is 0.429. The number of rotatable bonds is 2. The first kappa shape index (κ1) is 17.4. The van der Waals surface area contributed by atoms with E-state index in [2.05, 4.69) is 39.8 Å². The minimum Gasteiger partial charge on any atom is -0.258 e. The molecule has 0 unspecified atom stereocenters. The standard InChI is InChI=1S/C21H23NO3/c1-20(2)10-11-21(3,4)18-12-14(8-9-17(18)20)16-7-5-6-15(13-23)19(16)22(24)25/h5,7-9,12H,6,10-11H2,1-4H3. The molecule has 0 heterocycles. The molecule has 3 rings (SSSR count). The Morgan fingerprint density at radius 2 is 1.72 bits per heavy atom. The summed E-state index contributed by atoms with van der Waals surface area (Å²) < 4.78 is 0. The molecule has 0 bridgehead atoms. The fourth-order valence-electron chi connectivity index (χ4n) is 3.92. The summed E-state index contributed by atoms with van der Waals surface area (Å²) >= 11 is 0. The first-order chi connectivity index (χ1) is 11.7. The molecule has 2 aliphatic rings. The molecular weight excluding hydrogens is 314 g/mol. The van der Waals surface area contributed by atoms with E-state index in [0.717, 1.165) is 18.4 Å². The molecule has 25 heavy (non-hydrogen) atoms. The molecule has 0 fully saturated rings. The topological polar surface area (TPSA) is 60.2 Å². The van der Waals surface area contributed by atoms with Gasteiger partial charge in [-0.25, -0.2) is 4.79 Å². The molecule has 4 heteroatoms. The molecule has 130 valence electrons. The lowest BCUT2D eigenvalue weighted by atomic mass is 9.63. The molecule has 0 N–H and O–H groups in total. The zero-order chi connectivity index (χ0) is 18.4. The number of benzene rings is 1. The van der Waals surface area contributed by atoms with Gasteiger partial charge in [0.1, 0.15) is 11.5 Å². The van der Waals surface area contributed by atoms with Gasteiger partial charge in [0, 0.05) is 6.42 Å². The Hall–Kier alpha value is -2.45. The Balaban J connectivity index is 2.25. The van der Waals surface area contributed by atoms with Crippen LogP contribution in [0, 0.1) is 10.1 Å².